The number of aryl methyl sites for hydroxylation is 4. The minimum atomic E-state index is -3.59. The Kier molecular flexibility index (Phi) is 7.36. The summed E-state index contributed by atoms with van der Waals surface area (Å²) in [6, 6.07) is 7.26. The van der Waals surface area contributed by atoms with Crippen molar-refractivity contribution in [1.82, 2.24) is 9.62 Å². The van der Waals surface area contributed by atoms with Crippen molar-refractivity contribution in [1.29, 1.82) is 0 Å². The molecule has 1 aliphatic heterocycles. The molecule has 0 spiro atoms. The van der Waals surface area contributed by atoms with Gasteiger partial charge in [0.1, 0.15) is 0 Å². The number of hydrogen-bond acceptors (Lipinski definition) is 3. The monoisotopic (exact) mass is 482 g/mol. The van der Waals surface area contributed by atoms with Crippen LogP contribution < -0.4 is 5.32 Å². The van der Waals surface area contributed by atoms with Gasteiger partial charge >= 0.3 is 0 Å². The minimum absolute atomic E-state index is 0.0786. The molecule has 1 amide bonds. The predicted molar refractivity (Wildman–Crippen MR) is 125 cm³/mol. The lowest BCUT2D eigenvalue weighted by atomic mass is 9.97. The van der Waals surface area contributed by atoms with Crippen LogP contribution in [0.3, 0.4) is 0 Å². The van der Waals surface area contributed by atoms with Gasteiger partial charge in [-0.2, -0.15) is 4.31 Å². The molecule has 0 saturated carbocycles. The lowest BCUT2D eigenvalue weighted by Crippen LogP contribution is -2.43. The Labute approximate surface area is 194 Å². The molecule has 31 heavy (non-hydrogen) atoms. The van der Waals surface area contributed by atoms with Gasteiger partial charge in [0.2, 0.25) is 15.9 Å². The number of rotatable bonds is 5. The van der Waals surface area contributed by atoms with Crippen LogP contribution >= 0.6 is 23.2 Å². The Morgan fingerprint density at radius 1 is 1.00 bits per heavy atom. The molecule has 1 N–H and O–H groups in total. The van der Waals surface area contributed by atoms with Gasteiger partial charge in [0, 0.05) is 35.6 Å². The van der Waals surface area contributed by atoms with Crippen LogP contribution in [0.5, 0.6) is 0 Å². The maximum absolute atomic E-state index is 13.2. The molecule has 168 valence electrons. The van der Waals surface area contributed by atoms with E-state index in [0.717, 1.165) is 27.8 Å². The quantitative estimate of drug-likeness (QED) is 0.655. The van der Waals surface area contributed by atoms with Gasteiger partial charge in [-0.05, 0) is 74.9 Å². The first-order valence-corrected chi connectivity index (χ1v) is 12.5. The van der Waals surface area contributed by atoms with Gasteiger partial charge in [-0.3, -0.25) is 4.79 Å². The highest BCUT2D eigenvalue weighted by molar-refractivity contribution is 7.89. The molecule has 1 heterocycles. The molecule has 5 nitrogen and oxygen atoms in total. The summed E-state index contributed by atoms with van der Waals surface area (Å²) in [6.07, 6.45) is 0.977. The highest BCUT2D eigenvalue weighted by Crippen LogP contribution is 2.29. The molecule has 0 radical (unpaired) electrons. The summed E-state index contributed by atoms with van der Waals surface area (Å²) < 4.78 is 28.0. The van der Waals surface area contributed by atoms with Crippen LogP contribution in [0.25, 0.3) is 0 Å². The molecule has 0 atom stereocenters. The molecule has 0 bridgehead atoms. The van der Waals surface area contributed by atoms with Gasteiger partial charge in [0.15, 0.2) is 0 Å². The second-order valence-corrected chi connectivity index (χ2v) is 11.0. The molecule has 0 aliphatic carbocycles. The van der Waals surface area contributed by atoms with E-state index in [4.69, 9.17) is 23.2 Å². The molecule has 0 unspecified atom stereocenters. The molecule has 1 fully saturated rings. The van der Waals surface area contributed by atoms with Crippen LogP contribution in [0.15, 0.2) is 29.2 Å². The zero-order valence-electron chi connectivity index (χ0n) is 18.3. The zero-order valence-corrected chi connectivity index (χ0v) is 20.6. The maximum atomic E-state index is 13.2. The standard InChI is InChI=1S/C23H28Cl2N2O3S/c1-14-9-16(3)22(17(4)10-14)31(29,30)27-7-5-18(6-8-27)23(28)26-13-20-15(2)11-19(24)12-21(20)25/h9-12,18H,5-8,13H2,1-4H3,(H,26,28). The van der Waals surface area contributed by atoms with E-state index in [1.54, 1.807) is 6.07 Å². The van der Waals surface area contributed by atoms with Crippen LogP contribution in [0.2, 0.25) is 10.0 Å². The summed E-state index contributed by atoms with van der Waals surface area (Å²) in [7, 11) is -3.59. The van der Waals surface area contributed by atoms with E-state index in [1.807, 2.05) is 45.9 Å². The molecule has 3 rings (SSSR count). The van der Waals surface area contributed by atoms with Gasteiger partial charge < -0.3 is 5.32 Å². The predicted octanol–water partition coefficient (Wildman–Crippen LogP) is 4.94. The number of piperidine rings is 1. The van der Waals surface area contributed by atoms with Crippen molar-refractivity contribution in [2.75, 3.05) is 13.1 Å². The minimum Gasteiger partial charge on any atom is -0.352 e. The molecular formula is C23H28Cl2N2O3S. The Bertz CT molecular complexity index is 1060. The van der Waals surface area contributed by atoms with Crippen LogP contribution in [-0.4, -0.2) is 31.7 Å². The third kappa shape index (κ3) is 5.25. The van der Waals surface area contributed by atoms with E-state index >= 15 is 0 Å². The summed E-state index contributed by atoms with van der Waals surface area (Å²) in [5.41, 5.74) is 4.31. The van der Waals surface area contributed by atoms with Crippen LogP contribution in [0.4, 0.5) is 0 Å². The second kappa shape index (κ2) is 9.49. The van der Waals surface area contributed by atoms with Gasteiger partial charge in [0.25, 0.3) is 0 Å². The second-order valence-electron chi connectivity index (χ2n) is 8.31. The fourth-order valence-electron chi connectivity index (χ4n) is 4.34. The van der Waals surface area contributed by atoms with Gasteiger partial charge in [0.05, 0.1) is 4.90 Å². The first-order valence-electron chi connectivity index (χ1n) is 10.3. The smallest absolute Gasteiger partial charge is 0.243 e. The molecule has 2 aromatic carbocycles. The number of nitrogens with zero attached hydrogens (tertiary/aromatic N) is 1. The summed E-state index contributed by atoms with van der Waals surface area (Å²) in [4.78, 5) is 13.1. The molecule has 2 aromatic rings. The lowest BCUT2D eigenvalue weighted by Gasteiger charge is -2.31. The van der Waals surface area contributed by atoms with Crippen molar-refractivity contribution in [3.63, 3.8) is 0 Å². The number of nitrogens with one attached hydrogen (secondary N) is 1. The Balaban J connectivity index is 1.64. The zero-order chi connectivity index (χ0) is 22.9. The first kappa shape index (κ1) is 24.1. The topological polar surface area (TPSA) is 66.5 Å². The van der Waals surface area contributed by atoms with Crippen LogP contribution in [0.1, 0.15) is 40.7 Å². The summed E-state index contributed by atoms with van der Waals surface area (Å²) in [5.74, 6) is -0.303. The van der Waals surface area contributed by atoms with E-state index in [9.17, 15) is 13.2 Å². The van der Waals surface area contributed by atoms with Gasteiger partial charge in [-0.1, -0.05) is 40.9 Å². The van der Waals surface area contributed by atoms with Gasteiger partial charge in [-0.15, -0.1) is 0 Å². The van der Waals surface area contributed by atoms with Crippen molar-refractivity contribution in [3.8, 4) is 0 Å². The molecular weight excluding hydrogens is 455 g/mol. The lowest BCUT2D eigenvalue weighted by molar-refractivity contribution is -0.126. The number of amides is 1. The normalized spacial score (nSPS) is 15.8. The number of carbonyl (C=O) groups is 1. The van der Waals surface area contributed by atoms with Crippen molar-refractivity contribution < 1.29 is 13.2 Å². The van der Waals surface area contributed by atoms with Crippen molar-refractivity contribution in [2.24, 2.45) is 5.92 Å². The first-order chi connectivity index (χ1) is 14.5. The van der Waals surface area contributed by atoms with E-state index in [2.05, 4.69) is 5.32 Å². The van der Waals surface area contributed by atoms with Crippen LogP contribution in [0, 0.1) is 33.6 Å². The van der Waals surface area contributed by atoms with Crippen LogP contribution in [-0.2, 0) is 21.4 Å². The summed E-state index contributed by atoms with van der Waals surface area (Å²) in [6.45, 7) is 8.49. The van der Waals surface area contributed by atoms with E-state index < -0.39 is 10.0 Å². The number of carbonyl (C=O) groups excluding carboxylic acids is 1. The number of hydrogen-bond donors (Lipinski definition) is 1. The maximum Gasteiger partial charge on any atom is 0.243 e. The van der Waals surface area contributed by atoms with Crippen molar-refractivity contribution in [3.05, 3.63) is 62.1 Å². The van der Waals surface area contributed by atoms with E-state index in [-0.39, 0.29) is 11.8 Å². The third-order valence-corrected chi connectivity index (χ3v) is 8.61. The SMILES string of the molecule is Cc1cc(C)c(S(=O)(=O)N2CCC(C(=O)NCc3c(C)cc(Cl)cc3Cl)CC2)c(C)c1. The van der Waals surface area contributed by atoms with Crippen molar-refractivity contribution >= 4 is 39.1 Å². The highest BCUT2D eigenvalue weighted by Gasteiger charge is 2.33. The average Bonchev–Trinajstić information content (AvgIpc) is 2.66. The fourth-order valence-corrected chi connectivity index (χ4v) is 6.88. The van der Waals surface area contributed by atoms with E-state index in [1.165, 1.54) is 4.31 Å². The summed E-state index contributed by atoms with van der Waals surface area (Å²) in [5, 5.41) is 4.03. The third-order valence-electron chi connectivity index (χ3n) is 5.85. The largest absolute Gasteiger partial charge is 0.352 e. The Morgan fingerprint density at radius 2 is 1.58 bits per heavy atom. The highest BCUT2D eigenvalue weighted by atomic mass is 35.5. The van der Waals surface area contributed by atoms with E-state index in [0.29, 0.717) is 47.4 Å². The molecule has 1 saturated heterocycles. The molecule has 8 heteroatoms. The number of benzene rings is 2. The van der Waals surface area contributed by atoms with Crippen molar-refractivity contribution in [2.45, 2.75) is 52.0 Å². The Hall–Kier alpha value is -1.60. The number of sulfonamides is 1. The Morgan fingerprint density at radius 3 is 2.13 bits per heavy atom. The fraction of sp³-hybridized carbons (Fsp3) is 0.435. The molecule has 0 aromatic heterocycles. The number of halogens is 2. The average molecular weight is 483 g/mol. The molecule has 1 aliphatic rings. The van der Waals surface area contributed by atoms with Gasteiger partial charge in [-0.25, -0.2) is 8.42 Å². The summed E-state index contributed by atoms with van der Waals surface area (Å²) >= 11 is 12.3.